The van der Waals surface area contributed by atoms with Crippen LogP contribution in [-0.4, -0.2) is 93.6 Å². The van der Waals surface area contributed by atoms with Crippen molar-refractivity contribution >= 4 is 5.91 Å². The number of hydrogen-bond donors (Lipinski definition) is 1. The Labute approximate surface area is 147 Å². The van der Waals surface area contributed by atoms with E-state index in [9.17, 15) is 9.90 Å². The molecule has 2 fully saturated rings. The zero-order valence-electron chi connectivity index (χ0n) is 14.7. The summed E-state index contributed by atoms with van der Waals surface area (Å²) in [6, 6.07) is 0. The fourth-order valence-corrected chi connectivity index (χ4v) is 3.77. The van der Waals surface area contributed by atoms with Crippen LogP contribution in [0, 0.1) is 11.8 Å². The minimum absolute atomic E-state index is 0.147. The van der Waals surface area contributed by atoms with Gasteiger partial charge in [-0.15, -0.1) is 5.10 Å². The average molecular weight is 352 g/mol. The number of piperidine rings is 1. The normalized spacial score (nSPS) is 25.2. The van der Waals surface area contributed by atoms with E-state index < -0.39 is 0 Å². The number of aryl methyl sites for hydroxylation is 1. The van der Waals surface area contributed by atoms with Gasteiger partial charge in [0.05, 0.1) is 13.2 Å². The second-order valence-electron chi connectivity index (χ2n) is 7.04. The third-order valence-electron chi connectivity index (χ3n) is 5.02. The minimum atomic E-state index is 0.147. The van der Waals surface area contributed by atoms with Crippen LogP contribution in [0.3, 0.4) is 0 Å². The number of carbonyl (C=O) groups excluding carboxylic acids is 1. The van der Waals surface area contributed by atoms with E-state index in [0.29, 0.717) is 25.4 Å². The second kappa shape index (κ2) is 9.21. The predicted molar refractivity (Wildman–Crippen MR) is 89.6 cm³/mol. The molecule has 0 radical (unpaired) electrons. The van der Waals surface area contributed by atoms with Gasteiger partial charge in [-0.25, -0.2) is 4.68 Å². The third kappa shape index (κ3) is 5.45. The highest BCUT2D eigenvalue weighted by atomic mass is 16.5. The molecule has 9 nitrogen and oxygen atoms in total. The predicted octanol–water partition coefficient (Wildman–Crippen LogP) is -0.757. The lowest BCUT2D eigenvalue weighted by Crippen LogP contribution is -2.49. The van der Waals surface area contributed by atoms with Crippen LogP contribution >= 0.6 is 0 Å². The molecule has 25 heavy (non-hydrogen) atoms. The molecule has 2 aliphatic rings. The molecule has 1 aromatic heterocycles. The summed E-state index contributed by atoms with van der Waals surface area (Å²) in [5, 5.41) is 20.6. The molecule has 0 saturated carbocycles. The maximum absolute atomic E-state index is 12.6. The highest BCUT2D eigenvalue weighted by Crippen LogP contribution is 2.24. The van der Waals surface area contributed by atoms with Gasteiger partial charge in [0.1, 0.15) is 6.33 Å². The Balaban J connectivity index is 1.47. The van der Waals surface area contributed by atoms with Crippen molar-refractivity contribution in [3.05, 3.63) is 6.33 Å². The number of likely N-dealkylation sites (tertiary alicyclic amines) is 1. The highest BCUT2D eigenvalue weighted by molar-refractivity contribution is 5.76. The molecule has 1 aromatic rings. The number of morpholine rings is 1. The first kappa shape index (κ1) is 18.2. The summed E-state index contributed by atoms with van der Waals surface area (Å²) in [5.41, 5.74) is 0. The monoisotopic (exact) mass is 352 g/mol. The van der Waals surface area contributed by atoms with E-state index in [4.69, 9.17) is 4.74 Å². The van der Waals surface area contributed by atoms with Crippen molar-refractivity contribution in [2.45, 2.75) is 25.8 Å². The molecule has 0 aromatic carbocycles. The lowest BCUT2D eigenvalue weighted by atomic mass is 9.89. The lowest BCUT2D eigenvalue weighted by Gasteiger charge is -2.40. The smallest absolute Gasteiger partial charge is 0.222 e. The quantitative estimate of drug-likeness (QED) is 0.689. The molecule has 2 aliphatic heterocycles. The summed E-state index contributed by atoms with van der Waals surface area (Å²) in [5.74, 6) is 0.772. The van der Waals surface area contributed by atoms with E-state index in [0.717, 1.165) is 52.2 Å². The van der Waals surface area contributed by atoms with Crippen LogP contribution in [0.4, 0.5) is 0 Å². The van der Waals surface area contributed by atoms with Crippen molar-refractivity contribution in [2.24, 2.45) is 11.8 Å². The lowest BCUT2D eigenvalue weighted by molar-refractivity contribution is -0.135. The standard InChI is InChI=1S/C16H28N6O3/c23-12-15-8-14(9-20-4-6-25-7-5-20)10-21(11-15)16(24)2-1-3-22-13-17-18-19-22/h13-15,23H,1-12H2/t14-,15+/m0/s1. The second-order valence-corrected chi connectivity index (χ2v) is 7.04. The number of nitrogens with zero attached hydrogens (tertiary/aromatic N) is 6. The zero-order chi connectivity index (χ0) is 17.5. The van der Waals surface area contributed by atoms with E-state index in [-0.39, 0.29) is 18.4 Å². The Morgan fingerprint density at radius 1 is 1.24 bits per heavy atom. The Bertz CT molecular complexity index is 520. The van der Waals surface area contributed by atoms with Crippen LogP contribution < -0.4 is 0 Å². The third-order valence-corrected chi connectivity index (χ3v) is 5.02. The van der Waals surface area contributed by atoms with E-state index in [1.54, 1.807) is 11.0 Å². The SMILES string of the molecule is O=C(CCCn1cnnn1)N1C[C@H](CO)C[C@@H](CN2CCOCC2)C1. The molecular weight excluding hydrogens is 324 g/mol. The van der Waals surface area contributed by atoms with Gasteiger partial charge in [0, 0.05) is 52.3 Å². The molecule has 0 aliphatic carbocycles. The number of aliphatic hydroxyl groups excluding tert-OH is 1. The van der Waals surface area contributed by atoms with Gasteiger partial charge in [-0.05, 0) is 35.1 Å². The maximum Gasteiger partial charge on any atom is 0.222 e. The number of amides is 1. The summed E-state index contributed by atoms with van der Waals surface area (Å²) in [7, 11) is 0. The number of hydrogen-bond acceptors (Lipinski definition) is 7. The van der Waals surface area contributed by atoms with Gasteiger partial charge in [-0.3, -0.25) is 9.69 Å². The number of aliphatic hydroxyl groups is 1. The molecule has 3 heterocycles. The largest absolute Gasteiger partial charge is 0.396 e. The first-order valence-corrected chi connectivity index (χ1v) is 9.14. The van der Waals surface area contributed by atoms with Gasteiger partial charge in [0.2, 0.25) is 5.91 Å². The first-order chi connectivity index (χ1) is 12.2. The first-order valence-electron chi connectivity index (χ1n) is 9.14. The van der Waals surface area contributed by atoms with E-state index in [1.165, 1.54) is 0 Å². The van der Waals surface area contributed by atoms with Gasteiger partial charge in [-0.1, -0.05) is 0 Å². The number of rotatable bonds is 7. The Morgan fingerprint density at radius 2 is 2.04 bits per heavy atom. The fraction of sp³-hybridized carbons (Fsp3) is 0.875. The molecule has 1 N–H and O–H groups in total. The van der Waals surface area contributed by atoms with Crippen molar-refractivity contribution in [1.82, 2.24) is 30.0 Å². The van der Waals surface area contributed by atoms with Crippen molar-refractivity contribution in [1.29, 1.82) is 0 Å². The number of tetrazole rings is 1. The van der Waals surface area contributed by atoms with Crippen LogP contribution in [0.25, 0.3) is 0 Å². The van der Waals surface area contributed by atoms with Gasteiger partial charge < -0.3 is 14.7 Å². The van der Waals surface area contributed by atoms with Crippen molar-refractivity contribution in [3.8, 4) is 0 Å². The van der Waals surface area contributed by atoms with Crippen LogP contribution in [-0.2, 0) is 16.1 Å². The maximum atomic E-state index is 12.6. The molecule has 0 bridgehead atoms. The molecule has 3 rings (SSSR count). The van der Waals surface area contributed by atoms with E-state index in [2.05, 4.69) is 20.4 Å². The summed E-state index contributed by atoms with van der Waals surface area (Å²) in [6.45, 7) is 6.72. The fourth-order valence-electron chi connectivity index (χ4n) is 3.77. The number of carbonyl (C=O) groups is 1. The van der Waals surface area contributed by atoms with Gasteiger partial charge in [-0.2, -0.15) is 0 Å². The molecule has 0 spiro atoms. The Morgan fingerprint density at radius 3 is 2.76 bits per heavy atom. The van der Waals surface area contributed by atoms with Crippen molar-refractivity contribution < 1.29 is 14.6 Å². The Hall–Kier alpha value is -1.58. The zero-order valence-corrected chi connectivity index (χ0v) is 14.7. The minimum Gasteiger partial charge on any atom is -0.396 e. The van der Waals surface area contributed by atoms with E-state index in [1.807, 2.05) is 4.90 Å². The molecule has 2 saturated heterocycles. The summed E-state index contributed by atoms with van der Waals surface area (Å²) >= 11 is 0. The topological polar surface area (TPSA) is 96.6 Å². The molecule has 9 heteroatoms. The van der Waals surface area contributed by atoms with Crippen LogP contribution in [0.2, 0.25) is 0 Å². The summed E-state index contributed by atoms with van der Waals surface area (Å²) in [4.78, 5) is 16.9. The van der Waals surface area contributed by atoms with Gasteiger partial charge in [0.25, 0.3) is 0 Å². The molecule has 1 amide bonds. The van der Waals surface area contributed by atoms with Crippen LogP contribution in [0.15, 0.2) is 6.33 Å². The van der Waals surface area contributed by atoms with Gasteiger partial charge >= 0.3 is 0 Å². The highest BCUT2D eigenvalue weighted by Gasteiger charge is 2.30. The molecule has 0 unspecified atom stereocenters. The summed E-state index contributed by atoms with van der Waals surface area (Å²) < 4.78 is 7.04. The Kier molecular flexibility index (Phi) is 6.71. The molecular formula is C16H28N6O3. The van der Waals surface area contributed by atoms with Crippen LogP contribution in [0.5, 0.6) is 0 Å². The number of ether oxygens (including phenoxy) is 1. The average Bonchev–Trinajstić information content (AvgIpc) is 3.15. The van der Waals surface area contributed by atoms with Crippen LogP contribution in [0.1, 0.15) is 19.3 Å². The van der Waals surface area contributed by atoms with Gasteiger partial charge in [0.15, 0.2) is 0 Å². The van der Waals surface area contributed by atoms with Crippen molar-refractivity contribution in [2.75, 3.05) is 52.5 Å². The van der Waals surface area contributed by atoms with E-state index >= 15 is 0 Å². The molecule has 140 valence electrons. The summed E-state index contributed by atoms with van der Waals surface area (Å²) in [6.07, 6.45) is 3.76. The van der Waals surface area contributed by atoms with Crippen molar-refractivity contribution in [3.63, 3.8) is 0 Å². The molecule has 2 atom stereocenters. The number of aromatic nitrogens is 4.